The number of nitrogens with zero attached hydrogens (tertiary/aromatic N) is 3. The van der Waals surface area contributed by atoms with Crippen molar-refractivity contribution in [1.82, 2.24) is 0 Å². The number of nitriles is 3. The molecule has 0 amide bonds. The highest BCUT2D eigenvalue weighted by molar-refractivity contribution is 5.03. The van der Waals surface area contributed by atoms with Crippen molar-refractivity contribution in [3.05, 3.63) is 0 Å². The Hall–Kier alpha value is -1.53. The molecule has 3 nitrogen and oxygen atoms in total. The molecular formula is C12H15N3. The molecule has 2 fully saturated rings. The normalized spacial score (nSPS) is 19.8. The van der Waals surface area contributed by atoms with Crippen molar-refractivity contribution in [3.63, 3.8) is 0 Å². The van der Waals surface area contributed by atoms with Crippen LogP contribution in [0.25, 0.3) is 0 Å². The Morgan fingerprint density at radius 2 is 1.47 bits per heavy atom. The standard InChI is InChI=1S/C7H8N2.C5H7N/c8-5-3-7(1-2-7)4-6-9;6-4-3-5-1-2-5/h1-4H2;5H,1-3H2. The van der Waals surface area contributed by atoms with Crippen LogP contribution in [-0.4, -0.2) is 0 Å². The topological polar surface area (TPSA) is 71.4 Å². The fraction of sp³-hybridized carbons (Fsp3) is 0.750. The van der Waals surface area contributed by atoms with E-state index in [-0.39, 0.29) is 5.41 Å². The average molecular weight is 201 g/mol. The van der Waals surface area contributed by atoms with Crippen molar-refractivity contribution in [3.8, 4) is 18.2 Å². The molecule has 2 aliphatic rings. The Bertz CT molecular complexity index is 300. The molecule has 78 valence electrons. The first-order valence-electron chi connectivity index (χ1n) is 5.37. The van der Waals surface area contributed by atoms with Crippen LogP contribution in [0.3, 0.4) is 0 Å². The van der Waals surface area contributed by atoms with Crippen LogP contribution < -0.4 is 0 Å². The highest BCUT2D eigenvalue weighted by atomic mass is 14.5. The lowest BCUT2D eigenvalue weighted by Crippen LogP contribution is -1.95. The van der Waals surface area contributed by atoms with Gasteiger partial charge in [0.1, 0.15) is 0 Å². The van der Waals surface area contributed by atoms with Gasteiger partial charge in [-0.3, -0.25) is 0 Å². The van der Waals surface area contributed by atoms with Crippen LogP contribution in [0.1, 0.15) is 44.9 Å². The molecule has 2 aliphatic carbocycles. The van der Waals surface area contributed by atoms with E-state index in [4.69, 9.17) is 15.8 Å². The van der Waals surface area contributed by atoms with Crippen LogP contribution >= 0.6 is 0 Å². The lowest BCUT2D eigenvalue weighted by Gasteiger charge is -2.00. The molecule has 0 saturated heterocycles. The van der Waals surface area contributed by atoms with Gasteiger partial charge < -0.3 is 0 Å². The predicted octanol–water partition coefficient (Wildman–Crippen LogP) is 2.90. The third kappa shape index (κ3) is 4.48. The Morgan fingerprint density at radius 1 is 0.933 bits per heavy atom. The van der Waals surface area contributed by atoms with Gasteiger partial charge in [0.25, 0.3) is 0 Å². The Morgan fingerprint density at radius 3 is 1.67 bits per heavy atom. The van der Waals surface area contributed by atoms with Crippen LogP contribution in [0.5, 0.6) is 0 Å². The molecule has 0 unspecified atom stereocenters. The van der Waals surface area contributed by atoms with Crippen molar-refractivity contribution in [2.24, 2.45) is 11.3 Å². The molecule has 0 atom stereocenters. The van der Waals surface area contributed by atoms with Gasteiger partial charge in [0.15, 0.2) is 0 Å². The molecule has 0 heterocycles. The SMILES string of the molecule is N#CCC1(CC#N)CC1.N#CCC1CC1. The molecule has 0 bridgehead atoms. The van der Waals surface area contributed by atoms with Gasteiger partial charge in [0.2, 0.25) is 0 Å². The van der Waals surface area contributed by atoms with Crippen LogP contribution in [0.15, 0.2) is 0 Å². The smallest absolute Gasteiger partial charge is 0.0627 e. The molecule has 0 N–H and O–H groups in total. The van der Waals surface area contributed by atoms with E-state index in [0.717, 1.165) is 25.2 Å². The van der Waals surface area contributed by atoms with Crippen molar-refractivity contribution < 1.29 is 0 Å². The van der Waals surface area contributed by atoms with Crippen LogP contribution in [0.2, 0.25) is 0 Å². The molecule has 2 rings (SSSR count). The molecule has 0 aromatic rings. The van der Waals surface area contributed by atoms with Crippen LogP contribution in [0.4, 0.5) is 0 Å². The first-order chi connectivity index (χ1) is 7.26. The van der Waals surface area contributed by atoms with Gasteiger partial charge in [-0.2, -0.15) is 15.8 Å². The summed E-state index contributed by atoms with van der Waals surface area (Å²) in [5.41, 5.74) is 0.128. The van der Waals surface area contributed by atoms with Crippen molar-refractivity contribution in [1.29, 1.82) is 15.8 Å². The molecule has 15 heavy (non-hydrogen) atoms. The van der Waals surface area contributed by atoms with E-state index in [1.807, 2.05) is 0 Å². The predicted molar refractivity (Wildman–Crippen MR) is 55.1 cm³/mol. The molecule has 3 heteroatoms. The van der Waals surface area contributed by atoms with E-state index >= 15 is 0 Å². The third-order valence-corrected chi connectivity index (χ3v) is 2.94. The quantitative estimate of drug-likeness (QED) is 0.704. The van der Waals surface area contributed by atoms with E-state index in [1.165, 1.54) is 12.8 Å². The minimum absolute atomic E-state index is 0.128. The largest absolute Gasteiger partial charge is 0.198 e. The van der Waals surface area contributed by atoms with E-state index in [0.29, 0.717) is 12.8 Å². The van der Waals surface area contributed by atoms with Crippen molar-refractivity contribution in [2.75, 3.05) is 0 Å². The number of rotatable bonds is 3. The maximum absolute atomic E-state index is 8.31. The molecule has 0 radical (unpaired) electrons. The summed E-state index contributed by atoms with van der Waals surface area (Å²) < 4.78 is 0. The maximum Gasteiger partial charge on any atom is 0.0627 e. The minimum atomic E-state index is 0.128. The van der Waals surface area contributed by atoms with Crippen molar-refractivity contribution >= 4 is 0 Å². The summed E-state index contributed by atoms with van der Waals surface area (Å²) in [5.74, 6) is 0.787. The molecule has 2 saturated carbocycles. The molecule has 0 aromatic heterocycles. The second-order valence-corrected chi connectivity index (χ2v) is 4.48. The van der Waals surface area contributed by atoms with E-state index in [9.17, 15) is 0 Å². The van der Waals surface area contributed by atoms with E-state index < -0.39 is 0 Å². The summed E-state index contributed by atoms with van der Waals surface area (Å²) in [4.78, 5) is 0. The van der Waals surface area contributed by atoms with Crippen molar-refractivity contribution in [2.45, 2.75) is 44.9 Å². The average Bonchev–Trinajstić information content (AvgIpc) is 3.07. The molecular weight excluding hydrogens is 186 g/mol. The fourth-order valence-electron chi connectivity index (χ4n) is 1.38. The summed E-state index contributed by atoms with van der Waals surface area (Å²) in [6, 6.07) is 6.34. The Labute approximate surface area is 90.9 Å². The van der Waals surface area contributed by atoms with Gasteiger partial charge in [0, 0.05) is 19.3 Å². The summed E-state index contributed by atoms with van der Waals surface area (Å²) in [7, 11) is 0. The summed E-state index contributed by atoms with van der Waals surface area (Å²) >= 11 is 0. The molecule has 0 aliphatic heterocycles. The summed E-state index contributed by atoms with van der Waals surface area (Å²) in [6.45, 7) is 0. The zero-order chi connectivity index (χ0) is 11.1. The summed E-state index contributed by atoms with van der Waals surface area (Å²) in [6.07, 6.45) is 6.68. The number of hydrogen-bond donors (Lipinski definition) is 0. The summed E-state index contributed by atoms with van der Waals surface area (Å²) in [5, 5.41) is 24.6. The monoisotopic (exact) mass is 201 g/mol. The Kier molecular flexibility index (Phi) is 4.14. The van der Waals surface area contributed by atoms with Gasteiger partial charge in [-0.1, -0.05) is 0 Å². The van der Waals surface area contributed by atoms with Gasteiger partial charge in [-0.25, -0.2) is 0 Å². The number of hydrogen-bond acceptors (Lipinski definition) is 3. The lowest BCUT2D eigenvalue weighted by atomic mass is 10.0. The van der Waals surface area contributed by atoms with Gasteiger partial charge in [-0.05, 0) is 37.0 Å². The maximum atomic E-state index is 8.31. The van der Waals surface area contributed by atoms with Gasteiger partial charge in [0.05, 0.1) is 18.2 Å². The van der Waals surface area contributed by atoms with Crippen LogP contribution in [-0.2, 0) is 0 Å². The second-order valence-electron chi connectivity index (χ2n) is 4.48. The van der Waals surface area contributed by atoms with Gasteiger partial charge >= 0.3 is 0 Å². The highest BCUT2D eigenvalue weighted by Crippen LogP contribution is 2.51. The van der Waals surface area contributed by atoms with E-state index in [2.05, 4.69) is 18.2 Å². The third-order valence-electron chi connectivity index (χ3n) is 2.94. The lowest BCUT2D eigenvalue weighted by molar-refractivity contribution is 0.539. The van der Waals surface area contributed by atoms with E-state index in [1.54, 1.807) is 0 Å². The second kappa shape index (κ2) is 5.38. The minimum Gasteiger partial charge on any atom is -0.198 e. The molecule has 0 aromatic carbocycles. The zero-order valence-corrected chi connectivity index (χ0v) is 8.87. The first-order valence-corrected chi connectivity index (χ1v) is 5.37. The molecule has 0 spiro atoms. The van der Waals surface area contributed by atoms with Gasteiger partial charge in [-0.15, -0.1) is 0 Å². The zero-order valence-electron chi connectivity index (χ0n) is 8.87. The fourth-order valence-corrected chi connectivity index (χ4v) is 1.38. The Balaban J connectivity index is 0.000000162. The van der Waals surface area contributed by atoms with Crippen LogP contribution in [0, 0.1) is 45.3 Å². The first kappa shape index (κ1) is 11.5. The highest BCUT2D eigenvalue weighted by Gasteiger charge is 2.41.